The van der Waals surface area contributed by atoms with E-state index in [1.54, 1.807) is 12.1 Å². The first kappa shape index (κ1) is 45.6. The number of nitrogens with two attached hydrogens (primary N) is 2. The van der Waals surface area contributed by atoms with Crippen LogP contribution >= 0.6 is 0 Å². The summed E-state index contributed by atoms with van der Waals surface area (Å²) in [7, 11) is 1.50. The van der Waals surface area contributed by atoms with Crippen molar-refractivity contribution < 1.29 is 69.1 Å². The monoisotopic (exact) mass is 628 g/mol. The maximum atomic E-state index is 12.3. The van der Waals surface area contributed by atoms with Gasteiger partial charge in [-0.25, -0.2) is 0 Å². The summed E-state index contributed by atoms with van der Waals surface area (Å²) in [6.45, 7) is 6.23. The SMILES string of the molecule is CC=O.CCN/C=C(\N)CC.CN.O=C(NCCC(O)C1CC(O)CC(O)O1)c1ccc(-c2ccccc2)cc1.O=C[O-].[Na+]. The average molecular weight is 629 g/mol. The molecule has 0 aliphatic carbocycles. The minimum Gasteiger partial charge on any atom is -0.554 e. The van der Waals surface area contributed by atoms with Crippen molar-refractivity contribution in [3.63, 3.8) is 0 Å². The molecule has 4 unspecified atom stereocenters. The fraction of sp³-hybridized carbons (Fsp3) is 0.452. The van der Waals surface area contributed by atoms with Gasteiger partial charge in [0.1, 0.15) is 6.29 Å². The van der Waals surface area contributed by atoms with Gasteiger partial charge in [-0.15, -0.1) is 0 Å². The normalized spacial score (nSPS) is 17.3. The van der Waals surface area contributed by atoms with Crippen molar-refractivity contribution in [3.8, 4) is 11.1 Å². The van der Waals surface area contributed by atoms with E-state index in [1.165, 1.54) is 14.0 Å². The topological polar surface area (TPSA) is 220 Å². The quantitative estimate of drug-likeness (QED) is 0.115. The molecule has 3 rings (SSSR count). The van der Waals surface area contributed by atoms with Crippen molar-refractivity contribution in [2.24, 2.45) is 11.5 Å². The number of aldehydes is 1. The number of hydrogen-bond donors (Lipinski definition) is 7. The van der Waals surface area contributed by atoms with Gasteiger partial charge >= 0.3 is 29.6 Å². The van der Waals surface area contributed by atoms with Gasteiger partial charge in [-0.3, -0.25) is 4.79 Å². The van der Waals surface area contributed by atoms with Crippen LogP contribution in [-0.2, 0) is 14.3 Å². The van der Waals surface area contributed by atoms with Crippen LogP contribution in [0.15, 0.2) is 66.5 Å². The second-order valence-corrected chi connectivity index (χ2v) is 8.77. The first-order chi connectivity index (χ1) is 20.7. The fourth-order valence-electron chi connectivity index (χ4n) is 3.56. The summed E-state index contributed by atoms with van der Waals surface area (Å²) >= 11 is 0. The molecule has 9 N–H and O–H groups in total. The van der Waals surface area contributed by atoms with E-state index in [4.69, 9.17) is 25.2 Å². The molecule has 2 aromatic rings. The van der Waals surface area contributed by atoms with Crippen LogP contribution in [0.5, 0.6) is 0 Å². The Kier molecular flexibility index (Phi) is 31.3. The number of carbonyl (C=O) groups excluding carboxylic acids is 3. The molecule has 1 fully saturated rings. The molecular formula is C31H49N4NaO8. The van der Waals surface area contributed by atoms with Crippen LogP contribution in [0.2, 0.25) is 0 Å². The maximum Gasteiger partial charge on any atom is 1.00 e. The van der Waals surface area contributed by atoms with E-state index < -0.39 is 31.1 Å². The molecule has 13 heteroatoms. The Morgan fingerprint density at radius 1 is 1.05 bits per heavy atom. The van der Waals surface area contributed by atoms with E-state index in [1.807, 2.05) is 62.5 Å². The number of amides is 1. The van der Waals surface area contributed by atoms with E-state index >= 15 is 0 Å². The van der Waals surface area contributed by atoms with Crippen molar-refractivity contribution in [1.29, 1.82) is 0 Å². The molecule has 1 aliphatic heterocycles. The van der Waals surface area contributed by atoms with Gasteiger partial charge in [0, 0.05) is 49.9 Å². The fourth-order valence-corrected chi connectivity index (χ4v) is 3.56. The minimum atomic E-state index is -1.06. The minimum absolute atomic E-state index is 0. The van der Waals surface area contributed by atoms with Crippen molar-refractivity contribution in [3.05, 3.63) is 72.1 Å². The number of aliphatic hydroxyl groups excluding tert-OH is 3. The number of benzene rings is 2. The van der Waals surface area contributed by atoms with Crippen LogP contribution in [0.4, 0.5) is 0 Å². The van der Waals surface area contributed by atoms with Gasteiger partial charge in [0.2, 0.25) is 0 Å². The zero-order chi connectivity index (χ0) is 33.0. The smallest absolute Gasteiger partial charge is 0.554 e. The first-order valence-corrected chi connectivity index (χ1v) is 14.0. The summed E-state index contributed by atoms with van der Waals surface area (Å²) in [6, 6.07) is 17.3. The van der Waals surface area contributed by atoms with Crippen LogP contribution in [0, 0.1) is 0 Å². The van der Waals surface area contributed by atoms with Gasteiger partial charge in [0.15, 0.2) is 6.29 Å². The molecule has 1 aliphatic rings. The van der Waals surface area contributed by atoms with E-state index in [2.05, 4.69) is 16.4 Å². The van der Waals surface area contributed by atoms with Gasteiger partial charge in [-0.1, -0.05) is 49.4 Å². The molecule has 2 aromatic carbocycles. The van der Waals surface area contributed by atoms with Gasteiger partial charge < -0.3 is 56.9 Å². The van der Waals surface area contributed by atoms with Crippen molar-refractivity contribution >= 4 is 18.7 Å². The maximum absolute atomic E-state index is 12.3. The van der Waals surface area contributed by atoms with E-state index in [-0.39, 0.29) is 61.3 Å². The van der Waals surface area contributed by atoms with Gasteiger partial charge in [-0.2, -0.15) is 0 Å². The largest absolute Gasteiger partial charge is 1.00 e. The molecule has 0 radical (unpaired) electrons. The van der Waals surface area contributed by atoms with Crippen LogP contribution in [0.3, 0.4) is 0 Å². The molecule has 0 spiro atoms. The molecular weight excluding hydrogens is 579 g/mol. The van der Waals surface area contributed by atoms with Gasteiger partial charge in [0.25, 0.3) is 5.91 Å². The number of ether oxygens (including phenoxy) is 1. The van der Waals surface area contributed by atoms with E-state index in [0.717, 1.165) is 36.1 Å². The van der Waals surface area contributed by atoms with Crippen molar-refractivity contribution in [1.82, 2.24) is 10.6 Å². The zero-order valence-electron chi connectivity index (χ0n) is 26.5. The molecule has 0 bridgehead atoms. The molecule has 4 atom stereocenters. The third-order valence-corrected chi connectivity index (χ3v) is 5.62. The summed E-state index contributed by atoms with van der Waals surface area (Å²) in [4.78, 5) is 29.3. The van der Waals surface area contributed by atoms with Crippen LogP contribution < -0.4 is 56.8 Å². The average Bonchev–Trinajstić information content (AvgIpc) is 3.02. The van der Waals surface area contributed by atoms with Crippen molar-refractivity contribution in [2.45, 2.75) is 71.1 Å². The second kappa shape index (κ2) is 30.2. The number of nitrogens with one attached hydrogen (secondary N) is 2. The predicted octanol–water partition coefficient (Wildman–Crippen LogP) is -2.35. The van der Waals surface area contributed by atoms with Crippen LogP contribution in [-0.4, -0.2) is 78.7 Å². The Labute approximate surface area is 283 Å². The molecule has 242 valence electrons. The summed E-state index contributed by atoms with van der Waals surface area (Å²) in [6.07, 6.45) is 0.968. The third kappa shape index (κ3) is 21.8. The van der Waals surface area contributed by atoms with Gasteiger partial charge in [0.05, 0.1) is 18.3 Å². The Hall–Kier alpha value is -2.81. The Morgan fingerprint density at radius 3 is 2.05 bits per heavy atom. The number of carbonyl (C=O) groups is 3. The zero-order valence-corrected chi connectivity index (χ0v) is 28.5. The molecule has 0 aromatic heterocycles. The summed E-state index contributed by atoms with van der Waals surface area (Å²) in [5.41, 5.74) is 13.5. The van der Waals surface area contributed by atoms with Gasteiger partial charge in [-0.05, 0) is 57.0 Å². The summed E-state index contributed by atoms with van der Waals surface area (Å²) in [5, 5.41) is 43.3. The molecule has 1 saturated heterocycles. The summed E-state index contributed by atoms with van der Waals surface area (Å²) < 4.78 is 5.25. The molecule has 1 heterocycles. The third-order valence-electron chi connectivity index (χ3n) is 5.62. The molecule has 44 heavy (non-hydrogen) atoms. The number of rotatable bonds is 9. The van der Waals surface area contributed by atoms with E-state index in [0.29, 0.717) is 5.56 Å². The number of aliphatic hydroxyl groups is 3. The Bertz CT molecular complexity index is 997. The van der Waals surface area contributed by atoms with Crippen LogP contribution in [0.1, 0.15) is 56.8 Å². The molecule has 0 saturated carbocycles. The standard InChI is InChI=1S/C21H25NO5.C6H14N2.C2H4O.CH5N.CH2O2.Na/c23-17-12-19(27-20(25)13-17)18(24)10-11-22-21(26)16-8-6-15(7-9-16)14-4-2-1-3-5-14;1-3-6(7)5-8-4-2;1-2-3;1-2;2-1-3;/h1-9,17-20,23-25H,10-13H2,(H,22,26);5,8H,3-4,7H2,1-2H3;2H,1H3;2H2,1H3;1H,(H,2,3);/q;;;;;+1/p-1/b;6-5-;;;;. The first-order valence-electron chi connectivity index (χ1n) is 14.0. The molecule has 12 nitrogen and oxygen atoms in total. The summed E-state index contributed by atoms with van der Waals surface area (Å²) in [5.74, 6) is -0.216. The Morgan fingerprint density at radius 2 is 1.57 bits per heavy atom. The Balaban J connectivity index is -0.000000829. The second-order valence-electron chi connectivity index (χ2n) is 8.77. The van der Waals surface area contributed by atoms with Crippen LogP contribution in [0.25, 0.3) is 11.1 Å². The number of hydrogen-bond acceptors (Lipinski definition) is 11. The van der Waals surface area contributed by atoms with E-state index in [9.17, 15) is 20.1 Å². The van der Waals surface area contributed by atoms with Crippen molar-refractivity contribution in [2.75, 3.05) is 20.1 Å². The number of carboxylic acid groups (broad SMARTS) is 1. The molecule has 1 amide bonds. The predicted molar refractivity (Wildman–Crippen MR) is 165 cm³/mol. The number of allylic oxidation sites excluding steroid dienone is 1.